The van der Waals surface area contributed by atoms with Crippen LogP contribution in [-0.2, 0) is 20.8 Å². The van der Waals surface area contributed by atoms with E-state index in [2.05, 4.69) is 10.6 Å². The molecule has 0 bridgehead atoms. The molecule has 0 spiro atoms. The monoisotopic (exact) mass is 392 g/mol. The molecule has 0 aromatic heterocycles. The van der Waals surface area contributed by atoms with Gasteiger partial charge in [-0.25, -0.2) is 4.79 Å². The van der Waals surface area contributed by atoms with Gasteiger partial charge in [0.1, 0.15) is 12.1 Å². The Balaban J connectivity index is 2.87. The maximum absolute atomic E-state index is 12.7. The summed E-state index contributed by atoms with van der Waals surface area (Å²) in [4.78, 5) is 36.6. The molecule has 0 saturated carbocycles. The Labute approximate surface area is 166 Å². The summed E-state index contributed by atoms with van der Waals surface area (Å²) in [5, 5.41) is 14.5. The molecule has 1 aromatic rings. The van der Waals surface area contributed by atoms with Crippen LogP contribution in [0.4, 0.5) is 0 Å². The van der Waals surface area contributed by atoms with Gasteiger partial charge in [-0.2, -0.15) is 0 Å². The zero-order valence-electron chi connectivity index (χ0n) is 16.6. The van der Waals surface area contributed by atoms with Gasteiger partial charge in [0.05, 0.1) is 6.04 Å². The number of unbranched alkanes of at least 4 members (excludes halogenated alkanes) is 1. The molecule has 1 aromatic carbocycles. The van der Waals surface area contributed by atoms with Crippen LogP contribution in [0.25, 0.3) is 0 Å². The Morgan fingerprint density at radius 2 is 1.68 bits per heavy atom. The molecule has 2 amide bonds. The fourth-order valence-electron chi connectivity index (χ4n) is 2.74. The van der Waals surface area contributed by atoms with Crippen LogP contribution in [0.15, 0.2) is 30.3 Å². The van der Waals surface area contributed by atoms with Crippen molar-refractivity contribution < 1.29 is 19.5 Å². The van der Waals surface area contributed by atoms with Gasteiger partial charge in [0.15, 0.2) is 0 Å². The summed E-state index contributed by atoms with van der Waals surface area (Å²) in [5.41, 5.74) is 12.2. The molecular formula is C20H32N4O4. The first kappa shape index (κ1) is 23.6. The second kappa shape index (κ2) is 12.1. The molecule has 0 aliphatic carbocycles. The second-order valence-electron chi connectivity index (χ2n) is 7.21. The van der Waals surface area contributed by atoms with Crippen LogP contribution in [0.5, 0.6) is 0 Å². The van der Waals surface area contributed by atoms with Gasteiger partial charge >= 0.3 is 5.97 Å². The first-order chi connectivity index (χ1) is 13.3. The predicted molar refractivity (Wildman–Crippen MR) is 107 cm³/mol. The molecule has 156 valence electrons. The van der Waals surface area contributed by atoms with Crippen molar-refractivity contribution >= 4 is 17.8 Å². The van der Waals surface area contributed by atoms with Gasteiger partial charge in [-0.15, -0.1) is 0 Å². The molecule has 0 saturated heterocycles. The van der Waals surface area contributed by atoms with E-state index < -0.39 is 35.9 Å². The summed E-state index contributed by atoms with van der Waals surface area (Å²) in [6.07, 6.45) is 2.18. The summed E-state index contributed by atoms with van der Waals surface area (Å²) >= 11 is 0. The highest BCUT2D eigenvalue weighted by Crippen LogP contribution is 2.07. The van der Waals surface area contributed by atoms with Crippen LogP contribution in [0.3, 0.4) is 0 Å². The first-order valence-corrected chi connectivity index (χ1v) is 9.59. The van der Waals surface area contributed by atoms with Crippen LogP contribution in [-0.4, -0.2) is 47.6 Å². The third-order valence-corrected chi connectivity index (χ3v) is 4.45. The van der Waals surface area contributed by atoms with Crippen molar-refractivity contribution in [1.82, 2.24) is 10.6 Å². The third kappa shape index (κ3) is 8.06. The third-order valence-electron chi connectivity index (χ3n) is 4.45. The molecule has 8 heteroatoms. The summed E-state index contributed by atoms with van der Waals surface area (Å²) in [5.74, 6) is -2.41. The largest absolute Gasteiger partial charge is 0.480 e. The summed E-state index contributed by atoms with van der Waals surface area (Å²) in [6, 6.07) is 6.48. The predicted octanol–water partition coefficient (Wildman–Crippen LogP) is 0.396. The van der Waals surface area contributed by atoms with Crippen molar-refractivity contribution in [3.8, 4) is 0 Å². The van der Waals surface area contributed by atoms with Crippen LogP contribution in [0.1, 0.15) is 38.7 Å². The second-order valence-corrected chi connectivity index (χ2v) is 7.21. The molecule has 0 heterocycles. The number of carboxylic acid groups (broad SMARTS) is 1. The lowest BCUT2D eigenvalue weighted by atomic mass is 10.0. The molecular weight excluding hydrogens is 360 g/mol. The van der Waals surface area contributed by atoms with Gasteiger partial charge in [0.25, 0.3) is 0 Å². The number of aliphatic carboxylic acids is 1. The molecule has 28 heavy (non-hydrogen) atoms. The maximum Gasteiger partial charge on any atom is 0.326 e. The number of hydrogen-bond donors (Lipinski definition) is 5. The van der Waals surface area contributed by atoms with Gasteiger partial charge in [0.2, 0.25) is 11.8 Å². The topological polar surface area (TPSA) is 148 Å². The van der Waals surface area contributed by atoms with E-state index in [0.717, 1.165) is 18.4 Å². The van der Waals surface area contributed by atoms with Crippen molar-refractivity contribution in [2.75, 3.05) is 6.54 Å². The van der Waals surface area contributed by atoms with E-state index in [1.165, 1.54) is 0 Å². The normalized spacial score (nSPS) is 14.2. The van der Waals surface area contributed by atoms with Gasteiger partial charge in [-0.3, -0.25) is 9.59 Å². The van der Waals surface area contributed by atoms with Gasteiger partial charge in [0, 0.05) is 6.42 Å². The van der Waals surface area contributed by atoms with Crippen molar-refractivity contribution in [2.24, 2.45) is 17.4 Å². The number of carbonyl (C=O) groups excluding carboxylic acids is 2. The highest BCUT2D eigenvalue weighted by Gasteiger charge is 2.29. The number of carbonyl (C=O) groups is 3. The molecule has 0 radical (unpaired) electrons. The van der Waals surface area contributed by atoms with E-state index >= 15 is 0 Å². The highest BCUT2D eigenvalue weighted by molar-refractivity contribution is 5.92. The lowest BCUT2D eigenvalue weighted by molar-refractivity contribution is -0.143. The number of benzene rings is 1. The summed E-state index contributed by atoms with van der Waals surface area (Å²) < 4.78 is 0. The molecule has 8 nitrogen and oxygen atoms in total. The number of rotatable bonds is 12. The zero-order chi connectivity index (χ0) is 21.1. The van der Waals surface area contributed by atoms with Crippen LogP contribution in [0, 0.1) is 5.92 Å². The molecule has 0 fully saturated rings. The van der Waals surface area contributed by atoms with Crippen LogP contribution in [0.2, 0.25) is 0 Å². The summed E-state index contributed by atoms with van der Waals surface area (Å²) in [7, 11) is 0. The minimum absolute atomic E-state index is 0.234. The van der Waals surface area contributed by atoms with E-state index in [0.29, 0.717) is 13.0 Å². The zero-order valence-corrected chi connectivity index (χ0v) is 16.6. The van der Waals surface area contributed by atoms with Crippen LogP contribution >= 0.6 is 0 Å². The maximum atomic E-state index is 12.7. The Kier molecular flexibility index (Phi) is 10.2. The van der Waals surface area contributed by atoms with Crippen molar-refractivity contribution in [3.63, 3.8) is 0 Å². The van der Waals surface area contributed by atoms with Crippen molar-refractivity contribution in [1.29, 1.82) is 0 Å². The van der Waals surface area contributed by atoms with Crippen molar-refractivity contribution in [2.45, 2.75) is 57.7 Å². The van der Waals surface area contributed by atoms with Crippen molar-refractivity contribution in [3.05, 3.63) is 35.9 Å². The molecule has 7 N–H and O–H groups in total. The number of carboxylic acids is 1. The smallest absolute Gasteiger partial charge is 0.326 e. The van der Waals surface area contributed by atoms with E-state index in [1.807, 2.05) is 30.3 Å². The quantitative estimate of drug-likeness (QED) is 0.325. The van der Waals surface area contributed by atoms with Gasteiger partial charge in [-0.1, -0.05) is 50.6 Å². The highest BCUT2D eigenvalue weighted by atomic mass is 16.4. The lowest BCUT2D eigenvalue weighted by Crippen LogP contribution is -2.56. The molecule has 0 aliphatic rings. The van der Waals surface area contributed by atoms with Crippen LogP contribution < -0.4 is 22.1 Å². The van der Waals surface area contributed by atoms with Gasteiger partial charge in [-0.05, 0) is 30.9 Å². The fraction of sp³-hybridized carbons (Fsp3) is 0.550. The lowest BCUT2D eigenvalue weighted by Gasteiger charge is -2.24. The Morgan fingerprint density at radius 3 is 2.21 bits per heavy atom. The first-order valence-electron chi connectivity index (χ1n) is 9.59. The Morgan fingerprint density at radius 1 is 1.04 bits per heavy atom. The fourth-order valence-corrected chi connectivity index (χ4v) is 2.74. The van der Waals surface area contributed by atoms with E-state index in [4.69, 9.17) is 11.5 Å². The number of hydrogen-bond acceptors (Lipinski definition) is 5. The standard InChI is InChI=1S/C20H32N4O4/c1-13(2)17(20(27)28)24-19(26)16(12-14-8-4-3-5-9-14)23-18(25)15(22)10-6-7-11-21/h3-5,8-9,13,15-17H,6-7,10-12,21-22H2,1-2H3,(H,23,25)(H,24,26)(H,27,28)/t15-,16-,17-/m0/s1. The number of amides is 2. The average molecular weight is 393 g/mol. The SMILES string of the molecule is CC(C)[C@H](NC(=O)[C@H](Cc1ccccc1)NC(=O)[C@@H](N)CCCCN)C(=O)O. The molecule has 3 atom stereocenters. The average Bonchev–Trinajstić information content (AvgIpc) is 2.65. The number of nitrogens with one attached hydrogen (secondary N) is 2. The Bertz CT molecular complexity index is 636. The van der Waals surface area contributed by atoms with E-state index in [9.17, 15) is 19.5 Å². The minimum atomic E-state index is -1.12. The molecule has 1 rings (SSSR count). The Hall–Kier alpha value is -2.45. The molecule has 0 aliphatic heterocycles. The molecule has 0 unspecified atom stereocenters. The number of nitrogens with two attached hydrogens (primary N) is 2. The summed E-state index contributed by atoms with van der Waals surface area (Å²) in [6.45, 7) is 3.94. The van der Waals surface area contributed by atoms with Gasteiger partial charge < -0.3 is 27.2 Å². The minimum Gasteiger partial charge on any atom is -0.480 e. The van der Waals surface area contributed by atoms with E-state index in [1.54, 1.807) is 13.8 Å². The van der Waals surface area contributed by atoms with E-state index in [-0.39, 0.29) is 12.3 Å².